The van der Waals surface area contributed by atoms with Gasteiger partial charge in [0.05, 0.1) is 11.3 Å². The van der Waals surface area contributed by atoms with Crippen LogP contribution in [-0.4, -0.2) is 22.6 Å². The van der Waals surface area contributed by atoms with E-state index in [1.807, 2.05) is 13.8 Å². The van der Waals surface area contributed by atoms with Crippen molar-refractivity contribution in [2.24, 2.45) is 5.41 Å². The van der Waals surface area contributed by atoms with Gasteiger partial charge in [0.25, 0.3) is 5.91 Å². The van der Waals surface area contributed by atoms with Crippen LogP contribution in [0.2, 0.25) is 0 Å². The van der Waals surface area contributed by atoms with Gasteiger partial charge < -0.3 is 5.32 Å². The molecule has 1 aliphatic rings. The molecule has 0 aromatic carbocycles. The van der Waals surface area contributed by atoms with Gasteiger partial charge in [0.2, 0.25) is 0 Å². The lowest BCUT2D eigenvalue weighted by Crippen LogP contribution is -2.29. The fourth-order valence-corrected chi connectivity index (χ4v) is 1.66. The van der Waals surface area contributed by atoms with E-state index in [2.05, 4.69) is 22.4 Å². The van der Waals surface area contributed by atoms with Crippen LogP contribution in [0.15, 0.2) is 0 Å². The molecule has 1 aromatic rings. The average molecular weight is 207 g/mol. The quantitative estimate of drug-likeness (QED) is 0.790. The molecule has 0 radical (unpaired) electrons. The summed E-state index contributed by atoms with van der Waals surface area (Å²) >= 11 is 0. The van der Waals surface area contributed by atoms with E-state index in [0.29, 0.717) is 11.0 Å². The van der Waals surface area contributed by atoms with Gasteiger partial charge >= 0.3 is 0 Å². The minimum absolute atomic E-state index is 0.00752. The van der Waals surface area contributed by atoms with E-state index in [0.717, 1.165) is 17.9 Å². The number of H-pyrrole nitrogens is 1. The number of carbonyl (C=O) groups is 1. The van der Waals surface area contributed by atoms with Gasteiger partial charge in [-0.25, -0.2) is 0 Å². The zero-order valence-corrected chi connectivity index (χ0v) is 9.48. The van der Waals surface area contributed by atoms with Crippen molar-refractivity contribution in [2.75, 3.05) is 6.54 Å². The van der Waals surface area contributed by atoms with Crippen molar-refractivity contribution in [3.8, 4) is 0 Å². The van der Waals surface area contributed by atoms with E-state index in [4.69, 9.17) is 0 Å². The van der Waals surface area contributed by atoms with Crippen molar-refractivity contribution in [3.05, 3.63) is 17.0 Å². The molecule has 1 heterocycles. The zero-order chi connectivity index (χ0) is 11.1. The third-order valence-electron chi connectivity index (χ3n) is 3.13. The van der Waals surface area contributed by atoms with Gasteiger partial charge in [0.1, 0.15) is 0 Å². The number of rotatable bonds is 3. The van der Waals surface area contributed by atoms with Gasteiger partial charge in [0.15, 0.2) is 0 Å². The summed E-state index contributed by atoms with van der Waals surface area (Å²) in [5.74, 6) is -0.00752. The maximum absolute atomic E-state index is 11.9. The van der Waals surface area contributed by atoms with Crippen LogP contribution in [0.4, 0.5) is 0 Å². The average Bonchev–Trinajstić information content (AvgIpc) is 2.82. The minimum Gasteiger partial charge on any atom is -0.351 e. The summed E-state index contributed by atoms with van der Waals surface area (Å²) in [6, 6.07) is 0. The molecule has 15 heavy (non-hydrogen) atoms. The molecule has 0 bridgehead atoms. The lowest BCUT2D eigenvalue weighted by atomic mass is 10.1. The lowest BCUT2D eigenvalue weighted by Gasteiger charge is -2.09. The first-order valence-electron chi connectivity index (χ1n) is 5.32. The zero-order valence-electron chi connectivity index (χ0n) is 9.48. The smallest absolute Gasteiger partial charge is 0.255 e. The Morgan fingerprint density at radius 3 is 2.67 bits per heavy atom. The van der Waals surface area contributed by atoms with Gasteiger partial charge in [-0.3, -0.25) is 9.89 Å². The summed E-state index contributed by atoms with van der Waals surface area (Å²) in [6.07, 6.45) is 2.44. The third kappa shape index (κ3) is 2.03. The Bertz CT molecular complexity index is 371. The van der Waals surface area contributed by atoms with Crippen LogP contribution in [0.25, 0.3) is 0 Å². The van der Waals surface area contributed by atoms with E-state index >= 15 is 0 Å². The highest BCUT2D eigenvalue weighted by molar-refractivity contribution is 5.96. The van der Waals surface area contributed by atoms with Crippen LogP contribution in [0.5, 0.6) is 0 Å². The summed E-state index contributed by atoms with van der Waals surface area (Å²) in [7, 11) is 0. The summed E-state index contributed by atoms with van der Waals surface area (Å²) in [6.45, 7) is 6.68. The van der Waals surface area contributed by atoms with Crippen molar-refractivity contribution in [3.63, 3.8) is 0 Å². The number of nitrogens with one attached hydrogen (secondary N) is 2. The normalized spacial score (nSPS) is 17.5. The van der Waals surface area contributed by atoms with Crippen molar-refractivity contribution in [1.82, 2.24) is 15.5 Å². The van der Waals surface area contributed by atoms with Gasteiger partial charge in [-0.2, -0.15) is 5.10 Å². The molecular weight excluding hydrogens is 190 g/mol. The third-order valence-corrected chi connectivity index (χ3v) is 3.13. The van der Waals surface area contributed by atoms with Crippen LogP contribution >= 0.6 is 0 Å². The second kappa shape index (κ2) is 3.36. The topological polar surface area (TPSA) is 57.8 Å². The maximum Gasteiger partial charge on any atom is 0.255 e. The molecule has 4 heteroatoms. The van der Waals surface area contributed by atoms with E-state index in [1.165, 1.54) is 12.8 Å². The molecule has 1 aliphatic carbocycles. The minimum atomic E-state index is -0.00752. The fraction of sp³-hybridized carbons (Fsp3) is 0.636. The predicted octanol–water partition coefficient (Wildman–Crippen LogP) is 1.56. The standard InChI is InChI=1S/C11H17N3O/c1-7-9(8(2)14-13-7)10(15)12-6-11(3)4-5-11/h4-6H2,1-3H3,(H,12,15)(H,13,14). The molecule has 0 aliphatic heterocycles. The molecule has 1 aromatic heterocycles. The highest BCUT2D eigenvalue weighted by Crippen LogP contribution is 2.44. The molecule has 1 fully saturated rings. The van der Waals surface area contributed by atoms with E-state index < -0.39 is 0 Å². The number of amides is 1. The fourth-order valence-electron chi connectivity index (χ4n) is 1.66. The number of aromatic amines is 1. The first-order chi connectivity index (χ1) is 7.02. The van der Waals surface area contributed by atoms with Crippen molar-refractivity contribution >= 4 is 5.91 Å². The molecule has 2 rings (SSSR count). The van der Waals surface area contributed by atoms with Gasteiger partial charge in [0, 0.05) is 12.2 Å². The molecule has 82 valence electrons. The summed E-state index contributed by atoms with van der Waals surface area (Å²) in [5.41, 5.74) is 2.65. The Kier molecular flexibility index (Phi) is 2.29. The van der Waals surface area contributed by atoms with Crippen molar-refractivity contribution in [1.29, 1.82) is 0 Å². The molecule has 1 saturated carbocycles. The molecule has 4 nitrogen and oxygen atoms in total. The van der Waals surface area contributed by atoms with Crippen LogP contribution in [0.1, 0.15) is 41.5 Å². The van der Waals surface area contributed by atoms with Crippen molar-refractivity contribution < 1.29 is 4.79 Å². The molecule has 0 atom stereocenters. The number of hydrogen-bond donors (Lipinski definition) is 2. The summed E-state index contributed by atoms with van der Waals surface area (Å²) in [5, 5.41) is 9.80. The Morgan fingerprint density at radius 1 is 1.53 bits per heavy atom. The Morgan fingerprint density at radius 2 is 2.20 bits per heavy atom. The van der Waals surface area contributed by atoms with Crippen LogP contribution in [-0.2, 0) is 0 Å². The molecule has 1 amide bonds. The second-order valence-corrected chi connectivity index (χ2v) is 4.80. The first-order valence-corrected chi connectivity index (χ1v) is 5.32. The monoisotopic (exact) mass is 207 g/mol. The number of nitrogens with zero attached hydrogens (tertiary/aromatic N) is 1. The van der Waals surface area contributed by atoms with E-state index in [1.54, 1.807) is 0 Å². The summed E-state index contributed by atoms with van der Waals surface area (Å²) < 4.78 is 0. The Labute approximate surface area is 89.5 Å². The molecule has 0 unspecified atom stereocenters. The Balaban J connectivity index is 2.01. The number of hydrogen-bond acceptors (Lipinski definition) is 2. The molecule has 2 N–H and O–H groups in total. The molecule has 0 saturated heterocycles. The number of carbonyl (C=O) groups excluding carboxylic acids is 1. The lowest BCUT2D eigenvalue weighted by molar-refractivity contribution is 0.0945. The van der Waals surface area contributed by atoms with Crippen molar-refractivity contribution in [2.45, 2.75) is 33.6 Å². The van der Waals surface area contributed by atoms with Crippen LogP contribution < -0.4 is 5.32 Å². The second-order valence-electron chi connectivity index (χ2n) is 4.80. The largest absolute Gasteiger partial charge is 0.351 e. The summed E-state index contributed by atoms with van der Waals surface area (Å²) in [4.78, 5) is 11.9. The maximum atomic E-state index is 11.9. The van der Waals surface area contributed by atoms with Crippen LogP contribution in [0, 0.1) is 19.3 Å². The van der Waals surface area contributed by atoms with Crippen LogP contribution in [0.3, 0.4) is 0 Å². The SMILES string of the molecule is Cc1n[nH]c(C)c1C(=O)NCC1(C)CC1. The first kappa shape index (κ1) is 10.2. The van der Waals surface area contributed by atoms with Gasteiger partial charge in [-0.15, -0.1) is 0 Å². The molecular formula is C11H17N3O. The predicted molar refractivity (Wildman–Crippen MR) is 57.7 cm³/mol. The van der Waals surface area contributed by atoms with Gasteiger partial charge in [-0.05, 0) is 32.1 Å². The molecule has 0 spiro atoms. The number of aryl methyl sites for hydroxylation is 2. The Hall–Kier alpha value is -1.32. The van der Waals surface area contributed by atoms with E-state index in [9.17, 15) is 4.79 Å². The highest BCUT2D eigenvalue weighted by Gasteiger charge is 2.37. The number of aromatic nitrogens is 2. The van der Waals surface area contributed by atoms with Gasteiger partial charge in [-0.1, -0.05) is 6.92 Å². The highest BCUT2D eigenvalue weighted by atomic mass is 16.1. The van der Waals surface area contributed by atoms with E-state index in [-0.39, 0.29) is 5.91 Å².